The Morgan fingerprint density at radius 1 is 1.32 bits per heavy atom. The van der Waals surface area contributed by atoms with Crippen LogP contribution in [0, 0.1) is 0 Å². The summed E-state index contributed by atoms with van der Waals surface area (Å²) in [6, 6.07) is -0.315. The third kappa shape index (κ3) is 2.67. The molecule has 0 bridgehead atoms. The molecule has 2 amide bonds. The van der Waals surface area contributed by atoms with E-state index in [0.717, 1.165) is 6.54 Å². The van der Waals surface area contributed by atoms with Gasteiger partial charge in [-0.1, -0.05) is 12.8 Å². The molecule has 2 fully saturated rings. The average molecular weight is 267 g/mol. The van der Waals surface area contributed by atoms with Gasteiger partial charge in [0.05, 0.1) is 12.5 Å². The number of carbonyl (C=O) groups is 2. The van der Waals surface area contributed by atoms with E-state index >= 15 is 0 Å². The average Bonchev–Trinajstić information content (AvgIpc) is 2.93. The Labute approximate surface area is 115 Å². The van der Waals surface area contributed by atoms with E-state index in [0.29, 0.717) is 13.0 Å². The standard InChI is InChI=1S/C14H25N3O2/c1-4-17-12(18)9-11(13(17)19)15-10-14(16(2)3)7-5-6-8-14/h11,15H,4-10H2,1-3H3. The minimum Gasteiger partial charge on any atom is -0.304 e. The first kappa shape index (κ1) is 14.5. The second-order valence-corrected chi connectivity index (χ2v) is 5.94. The van der Waals surface area contributed by atoms with Gasteiger partial charge in [-0.3, -0.25) is 14.5 Å². The molecule has 0 aromatic heterocycles. The molecule has 0 aromatic carbocycles. The predicted octanol–water partition coefficient (Wildman–Crippen LogP) is 0.598. The number of imide groups is 1. The van der Waals surface area contributed by atoms with Crippen LogP contribution in [-0.2, 0) is 9.59 Å². The van der Waals surface area contributed by atoms with Crippen molar-refractivity contribution in [2.24, 2.45) is 0 Å². The predicted molar refractivity (Wildman–Crippen MR) is 73.7 cm³/mol. The molecule has 0 spiro atoms. The monoisotopic (exact) mass is 267 g/mol. The molecule has 19 heavy (non-hydrogen) atoms. The van der Waals surface area contributed by atoms with Crippen molar-refractivity contribution >= 4 is 11.8 Å². The molecule has 5 heteroatoms. The minimum absolute atomic E-state index is 0.0460. The fraction of sp³-hybridized carbons (Fsp3) is 0.857. The quantitative estimate of drug-likeness (QED) is 0.741. The smallest absolute Gasteiger partial charge is 0.246 e. The molecule has 5 nitrogen and oxygen atoms in total. The van der Waals surface area contributed by atoms with Gasteiger partial charge in [0.25, 0.3) is 0 Å². The van der Waals surface area contributed by atoms with Crippen LogP contribution in [0.2, 0.25) is 0 Å². The summed E-state index contributed by atoms with van der Waals surface area (Å²) in [6.07, 6.45) is 5.14. The number of hydrogen-bond donors (Lipinski definition) is 1. The second-order valence-electron chi connectivity index (χ2n) is 5.94. The number of likely N-dealkylation sites (tertiary alicyclic amines) is 1. The lowest BCUT2D eigenvalue weighted by atomic mass is 9.95. The minimum atomic E-state index is -0.315. The molecular formula is C14H25N3O2. The molecule has 108 valence electrons. The van der Waals surface area contributed by atoms with Gasteiger partial charge in [0.1, 0.15) is 0 Å². The Morgan fingerprint density at radius 3 is 2.42 bits per heavy atom. The van der Waals surface area contributed by atoms with Gasteiger partial charge in [0, 0.05) is 18.6 Å². The second kappa shape index (κ2) is 5.59. The lowest BCUT2D eigenvalue weighted by Crippen LogP contribution is -2.53. The Hall–Kier alpha value is -0.940. The summed E-state index contributed by atoms with van der Waals surface area (Å²) in [6.45, 7) is 3.12. The van der Waals surface area contributed by atoms with Crippen molar-refractivity contribution in [1.82, 2.24) is 15.1 Å². The zero-order valence-electron chi connectivity index (χ0n) is 12.2. The van der Waals surface area contributed by atoms with E-state index in [1.807, 2.05) is 6.92 Å². The number of rotatable bonds is 5. The van der Waals surface area contributed by atoms with E-state index < -0.39 is 0 Å². The molecule has 2 rings (SSSR count). The van der Waals surface area contributed by atoms with Gasteiger partial charge in [0.2, 0.25) is 11.8 Å². The normalized spacial score (nSPS) is 26.7. The molecule has 2 aliphatic rings. The third-order valence-corrected chi connectivity index (χ3v) is 4.72. The molecular weight excluding hydrogens is 242 g/mol. The molecule has 1 heterocycles. The Morgan fingerprint density at radius 2 is 1.95 bits per heavy atom. The van der Waals surface area contributed by atoms with Gasteiger partial charge >= 0.3 is 0 Å². The van der Waals surface area contributed by atoms with E-state index in [9.17, 15) is 9.59 Å². The molecule has 1 N–H and O–H groups in total. The van der Waals surface area contributed by atoms with Crippen LogP contribution in [0.4, 0.5) is 0 Å². The summed E-state index contributed by atoms with van der Waals surface area (Å²) in [5, 5.41) is 3.34. The SMILES string of the molecule is CCN1C(=O)CC(NCC2(N(C)C)CCCC2)C1=O. The number of nitrogens with zero attached hydrogens (tertiary/aromatic N) is 2. The lowest BCUT2D eigenvalue weighted by molar-refractivity contribution is -0.138. The molecule has 1 saturated heterocycles. The third-order valence-electron chi connectivity index (χ3n) is 4.72. The number of carbonyl (C=O) groups excluding carboxylic acids is 2. The Bertz CT molecular complexity index is 362. The van der Waals surface area contributed by atoms with E-state index in [2.05, 4.69) is 24.3 Å². The first-order valence-corrected chi connectivity index (χ1v) is 7.25. The zero-order valence-corrected chi connectivity index (χ0v) is 12.2. The highest BCUT2D eigenvalue weighted by molar-refractivity contribution is 6.05. The Kier molecular flexibility index (Phi) is 4.26. The van der Waals surface area contributed by atoms with Gasteiger partial charge < -0.3 is 10.2 Å². The van der Waals surface area contributed by atoms with Crippen LogP contribution in [0.1, 0.15) is 39.0 Å². The van der Waals surface area contributed by atoms with E-state index in [1.165, 1.54) is 30.6 Å². The van der Waals surface area contributed by atoms with Gasteiger partial charge in [-0.2, -0.15) is 0 Å². The van der Waals surface area contributed by atoms with Crippen molar-refractivity contribution in [2.75, 3.05) is 27.2 Å². The van der Waals surface area contributed by atoms with Crippen LogP contribution in [0.15, 0.2) is 0 Å². The highest BCUT2D eigenvalue weighted by Crippen LogP contribution is 2.33. The summed E-state index contributed by atoms with van der Waals surface area (Å²) in [5.41, 5.74) is 0.156. The van der Waals surface area contributed by atoms with E-state index in [-0.39, 0.29) is 23.4 Å². The number of nitrogens with one attached hydrogen (secondary N) is 1. The lowest BCUT2D eigenvalue weighted by Gasteiger charge is -2.37. The van der Waals surface area contributed by atoms with Gasteiger partial charge in [-0.05, 0) is 33.9 Å². The van der Waals surface area contributed by atoms with E-state index in [4.69, 9.17) is 0 Å². The van der Waals surface area contributed by atoms with Crippen molar-refractivity contribution < 1.29 is 9.59 Å². The van der Waals surface area contributed by atoms with Gasteiger partial charge in [-0.15, -0.1) is 0 Å². The number of hydrogen-bond acceptors (Lipinski definition) is 4. The zero-order chi connectivity index (χ0) is 14.0. The van der Waals surface area contributed by atoms with Gasteiger partial charge in [-0.25, -0.2) is 0 Å². The van der Waals surface area contributed by atoms with Gasteiger partial charge in [0.15, 0.2) is 0 Å². The summed E-state index contributed by atoms with van der Waals surface area (Å²) in [7, 11) is 4.21. The largest absolute Gasteiger partial charge is 0.304 e. The van der Waals surface area contributed by atoms with Crippen LogP contribution >= 0.6 is 0 Å². The molecule has 1 atom stereocenters. The van der Waals surface area contributed by atoms with Crippen molar-refractivity contribution in [3.8, 4) is 0 Å². The van der Waals surface area contributed by atoms with Crippen LogP contribution in [0.3, 0.4) is 0 Å². The summed E-state index contributed by atoms with van der Waals surface area (Å²) >= 11 is 0. The maximum Gasteiger partial charge on any atom is 0.246 e. The van der Waals surface area contributed by atoms with Crippen molar-refractivity contribution in [1.29, 1.82) is 0 Å². The van der Waals surface area contributed by atoms with Crippen molar-refractivity contribution in [2.45, 2.75) is 50.6 Å². The summed E-state index contributed by atoms with van der Waals surface area (Å²) < 4.78 is 0. The highest BCUT2D eigenvalue weighted by Gasteiger charge is 2.41. The van der Waals surface area contributed by atoms with Crippen molar-refractivity contribution in [3.63, 3.8) is 0 Å². The fourth-order valence-corrected chi connectivity index (χ4v) is 3.30. The van der Waals surface area contributed by atoms with Crippen LogP contribution in [0.25, 0.3) is 0 Å². The Balaban J connectivity index is 1.95. The van der Waals surface area contributed by atoms with Crippen molar-refractivity contribution in [3.05, 3.63) is 0 Å². The maximum atomic E-state index is 12.1. The molecule has 1 unspecified atom stereocenters. The van der Waals surface area contributed by atoms with E-state index in [1.54, 1.807) is 0 Å². The highest BCUT2D eigenvalue weighted by atomic mass is 16.2. The number of likely N-dealkylation sites (N-methyl/N-ethyl adjacent to an activating group) is 2. The summed E-state index contributed by atoms with van der Waals surface area (Å²) in [4.78, 5) is 27.4. The molecule has 1 aliphatic heterocycles. The molecule has 0 aromatic rings. The summed E-state index contributed by atoms with van der Waals surface area (Å²) in [5.74, 6) is -0.102. The number of amides is 2. The molecule has 1 aliphatic carbocycles. The first-order valence-electron chi connectivity index (χ1n) is 7.25. The maximum absolute atomic E-state index is 12.1. The first-order chi connectivity index (χ1) is 9.00. The van der Waals surface area contributed by atoms with Crippen LogP contribution in [-0.4, -0.2) is 60.4 Å². The molecule has 1 saturated carbocycles. The van der Waals surface area contributed by atoms with Crippen LogP contribution in [0.5, 0.6) is 0 Å². The topological polar surface area (TPSA) is 52.7 Å². The molecule has 0 radical (unpaired) electrons. The van der Waals surface area contributed by atoms with Crippen LogP contribution < -0.4 is 5.32 Å². The fourth-order valence-electron chi connectivity index (χ4n) is 3.30.